The van der Waals surface area contributed by atoms with Crippen molar-refractivity contribution in [2.24, 2.45) is 17.8 Å². The van der Waals surface area contributed by atoms with Gasteiger partial charge in [0, 0.05) is 12.5 Å². The van der Waals surface area contributed by atoms with Crippen LogP contribution in [0.2, 0.25) is 0 Å². The molecule has 0 aromatic carbocycles. The summed E-state index contributed by atoms with van der Waals surface area (Å²) in [5.41, 5.74) is 0. The Balaban J connectivity index is 0.00000180. The van der Waals surface area contributed by atoms with Crippen molar-refractivity contribution in [1.29, 1.82) is 0 Å². The largest absolute Gasteiger partial charge is 0.353 e. The summed E-state index contributed by atoms with van der Waals surface area (Å²) in [5, 5.41) is 6.62. The summed E-state index contributed by atoms with van der Waals surface area (Å²) in [6.45, 7) is 6.83. The minimum Gasteiger partial charge on any atom is -0.353 e. The molecule has 2 aliphatic rings. The Morgan fingerprint density at radius 3 is 2.74 bits per heavy atom. The average molecular weight is 289 g/mol. The molecule has 0 aromatic heterocycles. The number of rotatable bonds is 4. The molecule has 112 valence electrons. The van der Waals surface area contributed by atoms with Gasteiger partial charge in [-0.05, 0) is 50.1 Å². The molecule has 1 heterocycles. The molecule has 4 heteroatoms. The highest BCUT2D eigenvalue weighted by molar-refractivity contribution is 5.85. The van der Waals surface area contributed by atoms with Crippen LogP contribution in [0.4, 0.5) is 0 Å². The van der Waals surface area contributed by atoms with Gasteiger partial charge in [0.25, 0.3) is 0 Å². The fourth-order valence-electron chi connectivity index (χ4n) is 3.36. The van der Waals surface area contributed by atoms with E-state index in [1.807, 2.05) is 0 Å². The zero-order valence-corrected chi connectivity index (χ0v) is 13.1. The lowest BCUT2D eigenvalue weighted by atomic mass is 9.78. The maximum atomic E-state index is 12.0. The number of carbonyl (C=O) groups excluding carboxylic acids is 1. The van der Waals surface area contributed by atoms with Crippen LogP contribution >= 0.6 is 12.4 Å². The van der Waals surface area contributed by atoms with E-state index in [9.17, 15) is 4.79 Å². The maximum absolute atomic E-state index is 12.0. The molecule has 2 fully saturated rings. The van der Waals surface area contributed by atoms with E-state index in [0.717, 1.165) is 31.3 Å². The molecule has 0 aromatic rings. The van der Waals surface area contributed by atoms with Crippen LogP contribution < -0.4 is 10.6 Å². The van der Waals surface area contributed by atoms with Gasteiger partial charge in [0.1, 0.15) is 0 Å². The summed E-state index contributed by atoms with van der Waals surface area (Å²) in [7, 11) is 0. The third-order valence-electron chi connectivity index (χ3n) is 5.00. The van der Waals surface area contributed by atoms with Gasteiger partial charge in [-0.2, -0.15) is 0 Å². The molecule has 2 N–H and O–H groups in total. The number of hydrogen-bond acceptors (Lipinski definition) is 2. The van der Waals surface area contributed by atoms with Crippen LogP contribution in [0.3, 0.4) is 0 Å². The highest BCUT2D eigenvalue weighted by atomic mass is 35.5. The van der Waals surface area contributed by atoms with Crippen molar-refractivity contribution in [3.63, 3.8) is 0 Å². The standard InChI is InChI=1S/C15H28N2O.ClH/c1-11-4-3-5-14(12(11)2)17-15(18)7-6-13-8-9-16-10-13;/h11-14,16H,3-10H2,1-2H3,(H,17,18);1H. The van der Waals surface area contributed by atoms with Gasteiger partial charge in [-0.1, -0.05) is 26.7 Å². The van der Waals surface area contributed by atoms with E-state index >= 15 is 0 Å². The van der Waals surface area contributed by atoms with Crippen LogP contribution in [0.5, 0.6) is 0 Å². The number of halogens is 1. The second-order valence-electron chi connectivity index (χ2n) is 6.34. The molecule has 2 rings (SSSR count). The molecule has 1 saturated carbocycles. The molecule has 3 nitrogen and oxygen atoms in total. The number of nitrogens with one attached hydrogen (secondary N) is 2. The molecule has 19 heavy (non-hydrogen) atoms. The number of amides is 1. The smallest absolute Gasteiger partial charge is 0.220 e. The fourth-order valence-corrected chi connectivity index (χ4v) is 3.36. The normalized spacial score (nSPS) is 34.6. The quantitative estimate of drug-likeness (QED) is 0.835. The van der Waals surface area contributed by atoms with E-state index in [-0.39, 0.29) is 18.3 Å². The summed E-state index contributed by atoms with van der Waals surface area (Å²) in [5.74, 6) is 2.38. The van der Waals surface area contributed by atoms with Crippen molar-refractivity contribution in [2.75, 3.05) is 13.1 Å². The van der Waals surface area contributed by atoms with E-state index in [2.05, 4.69) is 24.5 Å². The Bertz CT molecular complexity index is 279. The first-order valence-corrected chi connectivity index (χ1v) is 7.67. The van der Waals surface area contributed by atoms with Crippen LogP contribution in [0.25, 0.3) is 0 Å². The van der Waals surface area contributed by atoms with Crippen molar-refractivity contribution >= 4 is 18.3 Å². The zero-order valence-electron chi connectivity index (χ0n) is 12.3. The molecular weight excluding hydrogens is 260 g/mol. The zero-order chi connectivity index (χ0) is 13.0. The predicted octanol–water partition coefficient (Wildman–Crippen LogP) is 2.74. The third-order valence-corrected chi connectivity index (χ3v) is 5.00. The average Bonchev–Trinajstić information content (AvgIpc) is 2.86. The van der Waals surface area contributed by atoms with Crippen LogP contribution in [-0.4, -0.2) is 25.0 Å². The lowest BCUT2D eigenvalue weighted by molar-refractivity contribution is -0.122. The Hall–Kier alpha value is -0.280. The van der Waals surface area contributed by atoms with Gasteiger partial charge in [-0.15, -0.1) is 12.4 Å². The van der Waals surface area contributed by atoms with E-state index in [4.69, 9.17) is 0 Å². The minimum atomic E-state index is 0. The van der Waals surface area contributed by atoms with Gasteiger partial charge >= 0.3 is 0 Å². The molecule has 1 amide bonds. The van der Waals surface area contributed by atoms with Crippen molar-refractivity contribution in [3.8, 4) is 0 Å². The monoisotopic (exact) mass is 288 g/mol. The van der Waals surface area contributed by atoms with Gasteiger partial charge in [-0.25, -0.2) is 0 Å². The van der Waals surface area contributed by atoms with E-state index in [0.29, 0.717) is 18.4 Å². The van der Waals surface area contributed by atoms with Crippen LogP contribution in [-0.2, 0) is 4.79 Å². The lowest BCUT2D eigenvalue weighted by Gasteiger charge is -2.34. The van der Waals surface area contributed by atoms with Crippen LogP contribution in [0.1, 0.15) is 52.4 Å². The molecule has 1 aliphatic carbocycles. The van der Waals surface area contributed by atoms with Crippen molar-refractivity contribution < 1.29 is 4.79 Å². The molecule has 4 atom stereocenters. The van der Waals surface area contributed by atoms with Crippen LogP contribution in [0, 0.1) is 17.8 Å². The van der Waals surface area contributed by atoms with E-state index in [1.165, 1.54) is 25.7 Å². The van der Waals surface area contributed by atoms with Gasteiger partial charge < -0.3 is 10.6 Å². The SMILES string of the molecule is CC1CCCC(NC(=O)CCC2CCNC2)C1C.Cl. The molecule has 1 aliphatic heterocycles. The Kier molecular flexibility index (Phi) is 7.16. The number of carbonyl (C=O) groups is 1. The second-order valence-corrected chi connectivity index (χ2v) is 6.34. The van der Waals surface area contributed by atoms with E-state index in [1.54, 1.807) is 0 Å². The first kappa shape index (κ1) is 16.8. The topological polar surface area (TPSA) is 41.1 Å². The summed E-state index contributed by atoms with van der Waals surface area (Å²) in [6, 6.07) is 0.419. The summed E-state index contributed by atoms with van der Waals surface area (Å²) >= 11 is 0. The molecule has 0 spiro atoms. The molecule has 1 saturated heterocycles. The van der Waals surface area contributed by atoms with Gasteiger partial charge in [0.2, 0.25) is 5.91 Å². The highest BCUT2D eigenvalue weighted by Crippen LogP contribution is 2.29. The Morgan fingerprint density at radius 2 is 2.05 bits per heavy atom. The van der Waals surface area contributed by atoms with Gasteiger partial charge in [0.05, 0.1) is 0 Å². The summed E-state index contributed by atoms with van der Waals surface area (Å²) < 4.78 is 0. The third kappa shape index (κ3) is 4.96. The Labute approximate surface area is 123 Å². The molecule has 0 radical (unpaired) electrons. The first-order valence-electron chi connectivity index (χ1n) is 7.67. The maximum Gasteiger partial charge on any atom is 0.220 e. The summed E-state index contributed by atoms with van der Waals surface area (Å²) in [4.78, 5) is 12.0. The highest BCUT2D eigenvalue weighted by Gasteiger charge is 2.28. The fraction of sp³-hybridized carbons (Fsp3) is 0.933. The second kappa shape index (κ2) is 8.11. The predicted molar refractivity (Wildman–Crippen MR) is 81.6 cm³/mol. The molecule has 4 unspecified atom stereocenters. The number of hydrogen-bond donors (Lipinski definition) is 2. The summed E-state index contributed by atoms with van der Waals surface area (Å²) in [6.07, 6.45) is 6.76. The van der Waals surface area contributed by atoms with Crippen molar-refractivity contribution in [3.05, 3.63) is 0 Å². The lowest BCUT2D eigenvalue weighted by Crippen LogP contribution is -2.43. The van der Waals surface area contributed by atoms with Crippen LogP contribution in [0.15, 0.2) is 0 Å². The molecule has 0 bridgehead atoms. The first-order chi connectivity index (χ1) is 8.66. The molecular formula is C15H29ClN2O. The van der Waals surface area contributed by atoms with Crippen molar-refractivity contribution in [2.45, 2.75) is 58.4 Å². The van der Waals surface area contributed by atoms with Gasteiger partial charge in [-0.3, -0.25) is 4.79 Å². The van der Waals surface area contributed by atoms with Crippen molar-refractivity contribution in [1.82, 2.24) is 10.6 Å². The van der Waals surface area contributed by atoms with Gasteiger partial charge in [0.15, 0.2) is 0 Å². The Morgan fingerprint density at radius 1 is 1.26 bits per heavy atom. The minimum absolute atomic E-state index is 0. The van der Waals surface area contributed by atoms with E-state index < -0.39 is 0 Å².